The van der Waals surface area contributed by atoms with Gasteiger partial charge < -0.3 is 10.5 Å². The molecule has 0 spiro atoms. The Kier molecular flexibility index (Phi) is 7.50. The van der Waals surface area contributed by atoms with Gasteiger partial charge in [0.15, 0.2) is 0 Å². The molecule has 7 nitrogen and oxygen atoms in total. The largest absolute Gasteiger partial charge is 0.469 e. The van der Waals surface area contributed by atoms with Crippen molar-refractivity contribution in [2.45, 2.75) is 38.6 Å². The molecule has 0 aromatic rings. The van der Waals surface area contributed by atoms with Crippen LogP contribution in [0.4, 0.5) is 0 Å². The fourth-order valence-corrected chi connectivity index (χ4v) is 2.34. The lowest BCUT2D eigenvalue weighted by atomic mass is 9.95. The average molecular weight is 295 g/mol. The number of esters is 1. The molecule has 19 heavy (non-hydrogen) atoms. The molecule has 0 aromatic heterocycles. The van der Waals surface area contributed by atoms with Gasteiger partial charge in [-0.25, -0.2) is 4.72 Å². The maximum absolute atomic E-state index is 11.9. The number of carbonyl (C=O) groups is 1. The maximum Gasteiger partial charge on any atom is 0.306 e. The summed E-state index contributed by atoms with van der Waals surface area (Å²) in [5.74, 6) is -0.447. The topological polar surface area (TPSA) is 102 Å². The molecule has 0 aliphatic heterocycles. The summed E-state index contributed by atoms with van der Waals surface area (Å²) in [5.41, 5.74) is 5.48. The van der Waals surface area contributed by atoms with Crippen molar-refractivity contribution >= 4 is 16.2 Å². The molecule has 0 aliphatic carbocycles. The fourth-order valence-electron chi connectivity index (χ4n) is 1.32. The van der Waals surface area contributed by atoms with Crippen LogP contribution in [0.15, 0.2) is 0 Å². The van der Waals surface area contributed by atoms with E-state index in [9.17, 15) is 13.2 Å². The smallest absolute Gasteiger partial charge is 0.306 e. The van der Waals surface area contributed by atoms with Gasteiger partial charge in [-0.3, -0.25) is 4.79 Å². The van der Waals surface area contributed by atoms with Crippen LogP contribution >= 0.6 is 0 Å². The molecule has 0 aliphatic rings. The molecule has 0 rings (SSSR count). The van der Waals surface area contributed by atoms with Gasteiger partial charge >= 0.3 is 5.97 Å². The lowest BCUT2D eigenvalue weighted by Crippen LogP contribution is -2.51. The zero-order valence-corrected chi connectivity index (χ0v) is 12.9. The Morgan fingerprint density at radius 3 is 2.32 bits per heavy atom. The Hall–Kier alpha value is -0.700. The van der Waals surface area contributed by atoms with Crippen LogP contribution in [0.25, 0.3) is 0 Å². The summed E-state index contributed by atoms with van der Waals surface area (Å²) < 4.78 is 31.8. The summed E-state index contributed by atoms with van der Waals surface area (Å²) in [6.07, 6.45) is 1.37. The molecule has 0 fully saturated rings. The average Bonchev–Trinajstić information content (AvgIpc) is 2.41. The highest BCUT2D eigenvalue weighted by molar-refractivity contribution is 7.87. The van der Waals surface area contributed by atoms with Crippen LogP contribution < -0.4 is 10.5 Å². The lowest BCUT2D eigenvalue weighted by molar-refractivity contribution is -0.140. The Bertz CT molecular complexity index is 379. The first-order chi connectivity index (χ1) is 8.70. The maximum atomic E-state index is 11.9. The van der Waals surface area contributed by atoms with Crippen LogP contribution in [-0.2, 0) is 19.7 Å². The first-order valence-electron chi connectivity index (χ1n) is 6.27. The highest BCUT2D eigenvalue weighted by atomic mass is 32.2. The van der Waals surface area contributed by atoms with Gasteiger partial charge in [0.1, 0.15) is 0 Å². The van der Waals surface area contributed by atoms with Crippen molar-refractivity contribution in [3.05, 3.63) is 0 Å². The number of nitrogens with two attached hydrogens (primary N) is 1. The third kappa shape index (κ3) is 6.33. The van der Waals surface area contributed by atoms with Crippen molar-refractivity contribution in [1.29, 1.82) is 0 Å². The van der Waals surface area contributed by atoms with E-state index in [1.807, 2.05) is 13.8 Å². The molecule has 0 radical (unpaired) electrons. The van der Waals surface area contributed by atoms with Gasteiger partial charge in [-0.15, -0.1) is 0 Å². The van der Waals surface area contributed by atoms with E-state index in [0.29, 0.717) is 12.8 Å². The molecular weight excluding hydrogens is 270 g/mol. The van der Waals surface area contributed by atoms with Crippen LogP contribution in [0.2, 0.25) is 0 Å². The van der Waals surface area contributed by atoms with Crippen LogP contribution in [0.3, 0.4) is 0 Å². The summed E-state index contributed by atoms with van der Waals surface area (Å²) >= 11 is 0. The van der Waals surface area contributed by atoms with E-state index in [1.54, 1.807) is 0 Å². The Labute approximate surface area is 115 Å². The minimum absolute atomic E-state index is 0.0171. The summed E-state index contributed by atoms with van der Waals surface area (Å²) in [4.78, 5) is 11.0. The van der Waals surface area contributed by atoms with Gasteiger partial charge in [-0.05, 0) is 12.8 Å². The first-order valence-corrected chi connectivity index (χ1v) is 7.71. The van der Waals surface area contributed by atoms with E-state index in [2.05, 4.69) is 9.46 Å². The Morgan fingerprint density at radius 1 is 1.37 bits per heavy atom. The summed E-state index contributed by atoms with van der Waals surface area (Å²) in [5, 5.41) is 0. The number of rotatable bonds is 9. The van der Waals surface area contributed by atoms with Crippen molar-refractivity contribution in [2.75, 3.05) is 27.2 Å². The van der Waals surface area contributed by atoms with Crippen molar-refractivity contribution in [1.82, 2.24) is 9.03 Å². The number of hydrogen-bond acceptors (Lipinski definition) is 5. The quantitative estimate of drug-likeness (QED) is 0.575. The SMILES string of the molecule is CCC(N)(CC)CNS(=O)(=O)N(C)CCC(=O)OC. The zero-order valence-electron chi connectivity index (χ0n) is 12.1. The normalized spacial score (nSPS) is 12.7. The van der Waals surface area contributed by atoms with E-state index in [4.69, 9.17) is 5.73 Å². The molecule has 114 valence electrons. The fraction of sp³-hybridized carbons (Fsp3) is 0.909. The van der Waals surface area contributed by atoms with Crippen molar-refractivity contribution in [3.63, 3.8) is 0 Å². The third-order valence-corrected chi connectivity index (χ3v) is 4.80. The minimum atomic E-state index is -3.62. The van der Waals surface area contributed by atoms with Crippen molar-refractivity contribution < 1.29 is 17.9 Å². The monoisotopic (exact) mass is 295 g/mol. The molecule has 0 amide bonds. The van der Waals surface area contributed by atoms with Crippen molar-refractivity contribution in [3.8, 4) is 0 Å². The molecule has 8 heteroatoms. The molecule has 0 bridgehead atoms. The molecule has 3 N–H and O–H groups in total. The van der Waals surface area contributed by atoms with Crippen LogP contribution in [-0.4, -0.2) is 51.5 Å². The van der Waals surface area contributed by atoms with Gasteiger partial charge in [0.05, 0.1) is 13.5 Å². The van der Waals surface area contributed by atoms with E-state index < -0.39 is 21.7 Å². The number of methoxy groups -OCH3 is 1. The van der Waals surface area contributed by atoms with Crippen LogP contribution in [0, 0.1) is 0 Å². The van der Waals surface area contributed by atoms with Gasteiger partial charge in [-0.2, -0.15) is 12.7 Å². The highest BCUT2D eigenvalue weighted by Crippen LogP contribution is 2.10. The second-order valence-electron chi connectivity index (χ2n) is 4.54. The summed E-state index contributed by atoms with van der Waals surface area (Å²) in [7, 11) is -0.954. The number of carbonyl (C=O) groups excluding carboxylic acids is 1. The van der Waals surface area contributed by atoms with E-state index in [1.165, 1.54) is 14.2 Å². The van der Waals surface area contributed by atoms with E-state index in [-0.39, 0.29) is 19.5 Å². The van der Waals surface area contributed by atoms with Gasteiger partial charge in [-0.1, -0.05) is 13.8 Å². The predicted molar refractivity (Wildman–Crippen MR) is 73.7 cm³/mol. The zero-order chi connectivity index (χ0) is 15.1. The third-order valence-electron chi connectivity index (χ3n) is 3.28. The molecule has 0 aromatic carbocycles. The molecule has 0 atom stereocenters. The number of nitrogens with zero attached hydrogens (tertiary/aromatic N) is 1. The molecule has 0 unspecified atom stereocenters. The van der Waals surface area contributed by atoms with Crippen molar-refractivity contribution in [2.24, 2.45) is 5.73 Å². The number of hydrogen-bond donors (Lipinski definition) is 2. The molecular formula is C11H25N3O4S. The summed E-state index contributed by atoms with van der Waals surface area (Å²) in [6.45, 7) is 4.07. The van der Waals surface area contributed by atoms with Gasteiger partial charge in [0.25, 0.3) is 10.2 Å². The second-order valence-corrected chi connectivity index (χ2v) is 6.41. The van der Waals surface area contributed by atoms with E-state index >= 15 is 0 Å². The predicted octanol–water partition coefficient (Wildman–Crippen LogP) is -0.167. The number of ether oxygens (including phenoxy) is 1. The van der Waals surface area contributed by atoms with E-state index in [0.717, 1.165) is 4.31 Å². The molecule has 0 saturated heterocycles. The summed E-state index contributed by atoms with van der Waals surface area (Å²) in [6, 6.07) is 0. The minimum Gasteiger partial charge on any atom is -0.469 e. The second kappa shape index (κ2) is 7.78. The van der Waals surface area contributed by atoms with Gasteiger partial charge in [0, 0.05) is 25.7 Å². The first kappa shape index (κ1) is 18.3. The molecule has 0 heterocycles. The van der Waals surface area contributed by atoms with Crippen LogP contribution in [0.5, 0.6) is 0 Å². The number of nitrogens with one attached hydrogen (secondary N) is 1. The molecule has 0 saturated carbocycles. The standard InChI is InChI=1S/C11H25N3O4S/c1-5-11(12,6-2)9-13-19(16,17)14(3)8-7-10(15)18-4/h13H,5-9,12H2,1-4H3. The Morgan fingerprint density at radius 2 is 1.89 bits per heavy atom. The van der Waals surface area contributed by atoms with Gasteiger partial charge in [0.2, 0.25) is 0 Å². The lowest BCUT2D eigenvalue weighted by Gasteiger charge is -2.28. The Balaban J connectivity index is 4.42. The highest BCUT2D eigenvalue weighted by Gasteiger charge is 2.25. The van der Waals surface area contributed by atoms with Crippen LogP contribution in [0.1, 0.15) is 33.1 Å².